The van der Waals surface area contributed by atoms with Gasteiger partial charge >= 0.3 is 0 Å². The molecule has 4 atom stereocenters. The minimum atomic E-state index is -3.53. The van der Waals surface area contributed by atoms with Crippen LogP contribution in [-0.2, 0) is 9.84 Å². The normalized spacial score (nSPS) is 30.3. The average Bonchev–Trinajstić information content (AvgIpc) is 2.97. The lowest BCUT2D eigenvalue weighted by atomic mass is 10.0. The Morgan fingerprint density at radius 3 is 2.55 bits per heavy atom. The quantitative estimate of drug-likeness (QED) is 0.871. The first-order chi connectivity index (χ1) is 10.5. The highest BCUT2D eigenvalue weighted by Crippen LogP contribution is 2.42. The summed E-state index contributed by atoms with van der Waals surface area (Å²) in [6.07, 6.45) is -0.398. The van der Waals surface area contributed by atoms with Gasteiger partial charge in [0.15, 0.2) is 12.0 Å². The molecule has 0 radical (unpaired) electrons. The van der Waals surface area contributed by atoms with Gasteiger partial charge in [0, 0.05) is 6.42 Å². The summed E-state index contributed by atoms with van der Waals surface area (Å²) in [6, 6.07) is 9.13. The van der Waals surface area contributed by atoms with E-state index in [0.29, 0.717) is 6.42 Å². The molecule has 7 heteroatoms. The Kier molecular flexibility index (Phi) is 2.91. The smallest absolute Gasteiger partial charge is 0.239 e. The summed E-state index contributed by atoms with van der Waals surface area (Å²) in [5, 5.41) is 3.51. The maximum Gasteiger partial charge on any atom is 0.267 e. The predicted octanol–water partition coefficient (Wildman–Crippen LogP) is 2.46. The molecule has 1 aliphatic heterocycles. The summed E-state index contributed by atoms with van der Waals surface area (Å²) in [6.45, 7) is 1.89. The molecular formula is C15H16FN3O2S. The van der Waals surface area contributed by atoms with Crippen molar-refractivity contribution in [3.63, 3.8) is 0 Å². The van der Waals surface area contributed by atoms with Crippen LogP contribution in [0.15, 0.2) is 35.5 Å². The third kappa shape index (κ3) is 1.99. The van der Waals surface area contributed by atoms with Crippen molar-refractivity contribution >= 4 is 9.84 Å². The number of hydrogen-bond acceptors (Lipinski definition) is 4. The monoisotopic (exact) mass is 321 g/mol. The molecule has 116 valence electrons. The van der Waals surface area contributed by atoms with Crippen molar-refractivity contribution < 1.29 is 12.8 Å². The molecule has 1 fully saturated rings. The number of sulfone groups is 1. The minimum absolute atomic E-state index is 0.126. The first-order valence-electron chi connectivity index (χ1n) is 7.38. The second-order valence-corrected chi connectivity index (χ2v) is 8.18. The van der Waals surface area contributed by atoms with Crippen LogP contribution in [-0.4, -0.2) is 28.4 Å². The van der Waals surface area contributed by atoms with Gasteiger partial charge in [-0.15, -0.1) is 5.10 Å². The second kappa shape index (κ2) is 4.62. The van der Waals surface area contributed by atoms with E-state index in [4.69, 9.17) is 0 Å². The molecule has 0 N–H and O–H groups in total. The van der Waals surface area contributed by atoms with Crippen molar-refractivity contribution in [2.24, 2.45) is 5.92 Å². The van der Waals surface area contributed by atoms with Crippen molar-refractivity contribution in [3.05, 3.63) is 41.7 Å². The van der Waals surface area contributed by atoms with Crippen LogP contribution in [0.2, 0.25) is 0 Å². The molecule has 2 heterocycles. The van der Waals surface area contributed by atoms with E-state index in [1.165, 1.54) is 4.68 Å². The lowest BCUT2D eigenvalue weighted by Gasteiger charge is -2.11. The predicted molar refractivity (Wildman–Crippen MR) is 77.8 cm³/mol. The zero-order chi connectivity index (χ0) is 15.5. The molecular weight excluding hydrogens is 305 g/mol. The number of alkyl halides is 1. The molecule has 0 unspecified atom stereocenters. The number of benzene rings is 1. The number of aromatic nitrogens is 3. The molecule has 0 bridgehead atoms. The zero-order valence-corrected chi connectivity index (χ0v) is 12.9. The second-order valence-electron chi connectivity index (χ2n) is 6.12. The molecule has 0 amide bonds. The maximum absolute atomic E-state index is 14.2. The summed E-state index contributed by atoms with van der Waals surface area (Å²) in [7, 11) is -3.53. The van der Waals surface area contributed by atoms with Gasteiger partial charge < -0.3 is 0 Å². The Morgan fingerprint density at radius 1 is 1.23 bits per heavy atom. The number of hydrogen-bond donors (Lipinski definition) is 0. The van der Waals surface area contributed by atoms with Gasteiger partial charge in [-0.2, -0.15) is 4.98 Å². The van der Waals surface area contributed by atoms with Crippen molar-refractivity contribution in [1.29, 1.82) is 0 Å². The van der Waals surface area contributed by atoms with Crippen LogP contribution in [0.5, 0.6) is 0 Å². The van der Waals surface area contributed by atoms with E-state index >= 15 is 0 Å². The van der Waals surface area contributed by atoms with E-state index in [1.807, 2.05) is 37.3 Å². The third-order valence-electron chi connectivity index (χ3n) is 4.52. The van der Waals surface area contributed by atoms with E-state index in [-0.39, 0.29) is 29.4 Å². The van der Waals surface area contributed by atoms with Gasteiger partial charge in [0.1, 0.15) is 0 Å². The Hall–Kier alpha value is -1.76. The lowest BCUT2D eigenvalue weighted by molar-refractivity contribution is 0.326. The molecule has 2 aliphatic rings. The first kappa shape index (κ1) is 13.9. The highest BCUT2D eigenvalue weighted by atomic mass is 32.2. The van der Waals surface area contributed by atoms with Crippen LogP contribution in [0.3, 0.4) is 0 Å². The summed E-state index contributed by atoms with van der Waals surface area (Å²) in [5.74, 6) is 0.259. The number of nitrogens with zero attached hydrogens (tertiary/aromatic N) is 3. The SMILES string of the molecule is C[C@H]1C[C@@H]1S(=O)(=O)c1nc2n(n1)[C@H](c1ccccc1)C[C@@H]2F. The molecule has 1 aliphatic carbocycles. The Morgan fingerprint density at radius 2 is 1.91 bits per heavy atom. The fourth-order valence-electron chi connectivity index (χ4n) is 3.09. The summed E-state index contributed by atoms with van der Waals surface area (Å²) >= 11 is 0. The van der Waals surface area contributed by atoms with Gasteiger partial charge in [-0.05, 0) is 17.9 Å². The van der Waals surface area contributed by atoms with Crippen LogP contribution in [0.1, 0.15) is 43.4 Å². The third-order valence-corrected chi connectivity index (χ3v) is 6.65. The largest absolute Gasteiger partial charge is 0.267 e. The van der Waals surface area contributed by atoms with Crippen molar-refractivity contribution in [2.45, 2.75) is 42.4 Å². The molecule has 0 spiro atoms. The van der Waals surface area contributed by atoms with Gasteiger partial charge in [-0.1, -0.05) is 37.3 Å². The first-order valence-corrected chi connectivity index (χ1v) is 8.92. The number of fused-ring (bicyclic) bond motifs is 1. The van der Waals surface area contributed by atoms with Gasteiger partial charge in [0.05, 0.1) is 11.3 Å². The molecule has 1 saturated carbocycles. The van der Waals surface area contributed by atoms with Gasteiger partial charge in [0.25, 0.3) is 5.16 Å². The highest BCUT2D eigenvalue weighted by Gasteiger charge is 2.48. The van der Waals surface area contributed by atoms with Gasteiger partial charge in [-0.25, -0.2) is 17.5 Å². The standard InChI is InChI=1S/C15H16FN3O2S/c1-9-7-13(9)22(20,21)15-17-14-11(16)8-12(19(14)18-15)10-5-3-2-4-6-10/h2-6,9,11-13H,7-8H2,1H3/t9-,11-,12-,13-/m0/s1. The molecule has 1 aromatic heterocycles. The topological polar surface area (TPSA) is 64.8 Å². The van der Waals surface area contributed by atoms with Gasteiger partial charge in [-0.3, -0.25) is 0 Å². The van der Waals surface area contributed by atoms with Crippen molar-refractivity contribution in [2.75, 3.05) is 0 Å². The fourth-order valence-corrected chi connectivity index (χ4v) is 4.95. The Balaban J connectivity index is 1.75. The van der Waals surface area contributed by atoms with Crippen LogP contribution in [0, 0.1) is 5.92 Å². The summed E-state index contributed by atoms with van der Waals surface area (Å²) < 4.78 is 40.5. The molecule has 4 rings (SSSR count). The zero-order valence-electron chi connectivity index (χ0n) is 12.1. The maximum atomic E-state index is 14.2. The Bertz CT molecular complexity index is 819. The summed E-state index contributed by atoms with van der Waals surface area (Å²) in [4.78, 5) is 4.00. The number of halogens is 1. The van der Waals surface area contributed by atoms with E-state index in [9.17, 15) is 12.8 Å². The average molecular weight is 321 g/mol. The fraction of sp³-hybridized carbons (Fsp3) is 0.467. The van der Waals surface area contributed by atoms with E-state index in [2.05, 4.69) is 10.1 Å². The van der Waals surface area contributed by atoms with Crippen molar-refractivity contribution in [3.8, 4) is 0 Å². The lowest BCUT2D eigenvalue weighted by Crippen LogP contribution is -2.13. The van der Waals surface area contributed by atoms with Crippen LogP contribution in [0.4, 0.5) is 4.39 Å². The summed E-state index contributed by atoms with van der Waals surface area (Å²) in [5.41, 5.74) is 0.914. The van der Waals surface area contributed by atoms with Gasteiger partial charge in [0.2, 0.25) is 9.84 Å². The van der Waals surface area contributed by atoms with Crippen LogP contribution < -0.4 is 0 Å². The van der Waals surface area contributed by atoms with Crippen LogP contribution in [0.25, 0.3) is 0 Å². The van der Waals surface area contributed by atoms with Crippen molar-refractivity contribution in [1.82, 2.24) is 14.8 Å². The number of rotatable bonds is 3. The van der Waals surface area contributed by atoms with Crippen LogP contribution >= 0.6 is 0 Å². The molecule has 1 aromatic carbocycles. The molecule has 5 nitrogen and oxygen atoms in total. The molecule has 22 heavy (non-hydrogen) atoms. The Labute approximate surface area is 128 Å². The van der Waals surface area contributed by atoms with E-state index in [0.717, 1.165) is 5.56 Å². The highest BCUT2D eigenvalue weighted by molar-refractivity contribution is 7.92. The van der Waals surface area contributed by atoms with E-state index in [1.54, 1.807) is 0 Å². The van der Waals surface area contributed by atoms with E-state index < -0.39 is 21.3 Å². The minimum Gasteiger partial charge on any atom is -0.239 e. The molecule has 0 saturated heterocycles. The molecule has 2 aromatic rings.